The summed E-state index contributed by atoms with van der Waals surface area (Å²) in [4.78, 5) is 0. The van der Waals surface area contributed by atoms with Crippen molar-refractivity contribution in [3.8, 4) is 0 Å². The molecule has 0 bridgehead atoms. The van der Waals surface area contributed by atoms with Gasteiger partial charge in [-0.15, -0.1) is 0 Å². The Morgan fingerprint density at radius 3 is 2.60 bits per heavy atom. The van der Waals surface area contributed by atoms with E-state index in [9.17, 15) is 4.21 Å². The van der Waals surface area contributed by atoms with Crippen molar-refractivity contribution in [2.24, 2.45) is 0 Å². The van der Waals surface area contributed by atoms with E-state index in [1.807, 2.05) is 20.9 Å². The summed E-state index contributed by atoms with van der Waals surface area (Å²) in [5.74, 6) is 0.677. The van der Waals surface area contributed by atoms with Crippen molar-refractivity contribution in [1.29, 1.82) is 0 Å². The van der Waals surface area contributed by atoms with Crippen LogP contribution in [0, 0.1) is 0 Å². The standard InChI is InChI=1S/C6H16N2OS/c1-4-10(9)8-5-6(2)7-3/h6-8H,4-5H2,1-3H3. The fourth-order valence-electron chi connectivity index (χ4n) is 0.422. The lowest BCUT2D eigenvalue weighted by Gasteiger charge is -2.09. The van der Waals surface area contributed by atoms with Crippen molar-refractivity contribution in [3.05, 3.63) is 0 Å². The van der Waals surface area contributed by atoms with Crippen molar-refractivity contribution >= 4 is 11.0 Å². The third kappa shape index (κ3) is 4.90. The summed E-state index contributed by atoms with van der Waals surface area (Å²) in [6, 6.07) is 0.385. The largest absolute Gasteiger partial charge is 0.316 e. The van der Waals surface area contributed by atoms with Gasteiger partial charge in [-0.25, -0.2) is 8.93 Å². The predicted molar refractivity (Wildman–Crippen MR) is 45.2 cm³/mol. The number of rotatable bonds is 5. The third-order valence-corrected chi connectivity index (χ3v) is 2.32. The van der Waals surface area contributed by atoms with Gasteiger partial charge in [0.05, 0.1) is 11.0 Å². The molecule has 0 spiro atoms. The zero-order valence-corrected chi connectivity index (χ0v) is 7.62. The van der Waals surface area contributed by atoms with Crippen LogP contribution in [0.2, 0.25) is 0 Å². The van der Waals surface area contributed by atoms with Gasteiger partial charge < -0.3 is 5.32 Å². The minimum absolute atomic E-state index is 0.385. The monoisotopic (exact) mass is 164 g/mol. The van der Waals surface area contributed by atoms with Crippen molar-refractivity contribution in [3.63, 3.8) is 0 Å². The van der Waals surface area contributed by atoms with Crippen LogP contribution in [0.5, 0.6) is 0 Å². The zero-order valence-electron chi connectivity index (χ0n) is 6.81. The van der Waals surface area contributed by atoms with Crippen LogP contribution in [0.3, 0.4) is 0 Å². The molecule has 0 radical (unpaired) electrons. The number of nitrogens with one attached hydrogen (secondary N) is 2. The first-order valence-electron chi connectivity index (χ1n) is 3.49. The third-order valence-electron chi connectivity index (χ3n) is 1.31. The molecule has 0 aromatic carbocycles. The first kappa shape index (κ1) is 10.1. The second-order valence-electron chi connectivity index (χ2n) is 2.17. The van der Waals surface area contributed by atoms with E-state index in [2.05, 4.69) is 10.0 Å². The average molecular weight is 164 g/mol. The Bertz CT molecular complexity index is 108. The van der Waals surface area contributed by atoms with Gasteiger partial charge in [0.2, 0.25) is 0 Å². The summed E-state index contributed by atoms with van der Waals surface area (Å²) in [5.41, 5.74) is 0. The lowest BCUT2D eigenvalue weighted by atomic mass is 10.4. The maximum atomic E-state index is 10.8. The summed E-state index contributed by atoms with van der Waals surface area (Å²) in [5, 5.41) is 3.05. The highest BCUT2D eigenvalue weighted by Gasteiger charge is 1.98. The minimum atomic E-state index is -0.839. The molecule has 0 heterocycles. The molecule has 0 rings (SSSR count). The van der Waals surface area contributed by atoms with Crippen molar-refractivity contribution in [2.75, 3.05) is 19.3 Å². The highest BCUT2D eigenvalue weighted by molar-refractivity contribution is 7.82. The molecule has 0 aliphatic rings. The Hall–Kier alpha value is 0.0700. The minimum Gasteiger partial charge on any atom is -0.316 e. The van der Waals surface area contributed by atoms with Crippen LogP contribution in [0.1, 0.15) is 13.8 Å². The maximum absolute atomic E-state index is 10.8. The van der Waals surface area contributed by atoms with Gasteiger partial charge in [-0.3, -0.25) is 0 Å². The lowest BCUT2D eigenvalue weighted by Crippen LogP contribution is -2.35. The molecule has 4 heteroatoms. The first-order chi connectivity index (χ1) is 4.70. The Morgan fingerprint density at radius 2 is 2.20 bits per heavy atom. The van der Waals surface area contributed by atoms with Gasteiger partial charge in [-0.1, -0.05) is 6.92 Å². The molecule has 0 aromatic rings. The summed E-state index contributed by atoms with van der Waals surface area (Å²) >= 11 is 0. The van der Waals surface area contributed by atoms with Gasteiger partial charge >= 0.3 is 0 Å². The van der Waals surface area contributed by atoms with Crippen LogP contribution in [-0.2, 0) is 11.0 Å². The molecule has 3 nitrogen and oxygen atoms in total. The van der Waals surface area contributed by atoms with E-state index >= 15 is 0 Å². The van der Waals surface area contributed by atoms with Crippen molar-refractivity contribution < 1.29 is 4.21 Å². The number of hydrogen-bond acceptors (Lipinski definition) is 2. The van der Waals surface area contributed by atoms with Crippen LogP contribution in [0.15, 0.2) is 0 Å². The van der Waals surface area contributed by atoms with Crippen LogP contribution in [0.25, 0.3) is 0 Å². The second kappa shape index (κ2) is 5.82. The molecule has 2 unspecified atom stereocenters. The quantitative estimate of drug-likeness (QED) is 0.594. The van der Waals surface area contributed by atoms with E-state index in [4.69, 9.17) is 0 Å². The maximum Gasteiger partial charge on any atom is 0.0912 e. The highest BCUT2D eigenvalue weighted by Crippen LogP contribution is 1.78. The summed E-state index contributed by atoms with van der Waals surface area (Å²) in [6.45, 7) is 4.70. The molecule has 0 saturated heterocycles. The van der Waals surface area contributed by atoms with Gasteiger partial charge in [-0.2, -0.15) is 0 Å². The van der Waals surface area contributed by atoms with E-state index in [1.165, 1.54) is 0 Å². The molecule has 10 heavy (non-hydrogen) atoms. The van der Waals surface area contributed by atoms with Gasteiger partial charge in [0.25, 0.3) is 0 Å². The van der Waals surface area contributed by atoms with E-state index in [1.54, 1.807) is 0 Å². The van der Waals surface area contributed by atoms with Crippen LogP contribution in [-0.4, -0.2) is 29.6 Å². The first-order valence-corrected chi connectivity index (χ1v) is 4.81. The molecule has 0 fully saturated rings. The second-order valence-corrected chi connectivity index (χ2v) is 3.73. The van der Waals surface area contributed by atoms with Crippen molar-refractivity contribution in [1.82, 2.24) is 10.0 Å². The van der Waals surface area contributed by atoms with Gasteiger partial charge in [0, 0.05) is 18.3 Å². The van der Waals surface area contributed by atoms with Gasteiger partial charge in [0.1, 0.15) is 0 Å². The molecule has 62 valence electrons. The zero-order chi connectivity index (χ0) is 7.98. The van der Waals surface area contributed by atoms with Gasteiger partial charge in [-0.05, 0) is 14.0 Å². The predicted octanol–water partition coefficient (Wildman–Crippen LogP) is -0.133. The topological polar surface area (TPSA) is 41.1 Å². The Kier molecular flexibility index (Phi) is 5.87. The summed E-state index contributed by atoms with van der Waals surface area (Å²) in [7, 11) is 1.05. The molecular weight excluding hydrogens is 148 g/mol. The smallest absolute Gasteiger partial charge is 0.0912 e. The Balaban J connectivity index is 3.26. The van der Waals surface area contributed by atoms with Crippen molar-refractivity contribution in [2.45, 2.75) is 19.9 Å². The highest BCUT2D eigenvalue weighted by atomic mass is 32.2. The lowest BCUT2D eigenvalue weighted by molar-refractivity contribution is 0.593. The SMILES string of the molecule is CCS(=O)NCC(C)NC. The summed E-state index contributed by atoms with van der Waals surface area (Å²) in [6.07, 6.45) is 0. The van der Waals surface area contributed by atoms with Gasteiger partial charge in [0.15, 0.2) is 0 Å². The van der Waals surface area contributed by atoms with E-state index in [0.29, 0.717) is 11.8 Å². The normalized spacial score (nSPS) is 16.7. The molecule has 0 aliphatic carbocycles. The molecule has 0 amide bonds. The Labute approximate surface area is 65.2 Å². The van der Waals surface area contributed by atoms with Crippen LogP contribution in [0.4, 0.5) is 0 Å². The molecule has 0 aromatic heterocycles. The Morgan fingerprint density at radius 1 is 1.60 bits per heavy atom. The molecule has 0 aliphatic heterocycles. The van der Waals surface area contributed by atoms with E-state index in [0.717, 1.165) is 6.54 Å². The van der Waals surface area contributed by atoms with Crippen LogP contribution >= 0.6 is 0 Å². The van der Waals surface area contributed by atoms with E-state index < -0.39 is 11.0 Å². The molecule has 2 atom stereocenters. The number of likely N-dealkylation sites (N-methyl/N-ethyl adjacent to an activating group) is 1. The fourth-order valence-corrected chi connectivity index (χ4v) is 1.06. The molecule has 0 saturated carbocycles. The number of hydrogen-bond donors (Lipinski definition) is 2. The summed E-state index contributed by atoms with van der Waals surface area (Å²) < 4.78 is 13.7. The fraction of sp³-hybridized carbons (Fsp3) is 1.00. The average Bonchev–Trinajstić information content (AvgIpc) is 1.99. The van der Waals surface area contributed by atoms with Crippen LogP contribution < -0.4 is 10.0 Å². The molecule has 2 N–H and O–H groups in total. The van der Waals surface area contributed by atoms with E-state index in [-0.39, 0.29) is 0 Å². The molecular formula is C6H16N2OS.